The number of hydrogen-bond donors (Lipinski definition) is 0. The Hall–Kier alpha value is -1.39. The largest absolute Gasteiger partial charge is 0.0691 e. The first-order chi connectivity index (χ1) is 9.93. The Kier molecular flexibility index (Phi) is 4.66. The summed E-state index contributed by atoms with van der Waals surface area (Å²) in [4.78, 5) is 0. The van der Waals surface area contributed by atoms with Crippen LogP contribution in [-0.4, -0.2) is 0 Å². The van der Waals surface area contributed by atoms with Gasteiger partial charge in [-0.15, -0.1) is 0 Å². The third-order valence-corrected chi connectivity index (χ3v) is 6.21. The van der Waals surface area contributed by atoms with Crippen molar-refractivity contribution in [2.45, 2.75) is 32.1 Å². The summed E-state index contributed by atoms with van der Waals surface area (Å²) >= 11 is 0. The summed E-state index contributed by atoms with van der Waals surface area (Å²) in [6.07, 6.45) is 6.76. The molecule has 0 aliphatic heterocycles. The maximum absolute atomic E-state index is 2.58. The predicted molar refractivity (Wildman–Crippen MR) is 90.2 cm³/mol. The lowest BCUT2D eigenvalue weighted by Crippen LogP contribution is -2.10. The molecule has 20 heavy (non-hydrogen) atoms. The molecule has 1 aliphatic carbocycles. The molecule has 0 N–H and O–H groups in total. The molecule has 1 saturated carbocycles. The lowest BCUT2D eigenvalue weighted by molar-refractivity contribution is 0.600. The third kappa shape index (κ3) is 3.38. The Balaban J connectivity index is 1.95. The molecule has 0 heterocycles. The fraction of sp³-hybridized carbons (Fsp3) is 0.263. The van der Waals surface area contributed by atoms with Crippen LogP contribution in [0.15, 0.2) is 72.1 Å². The zero-order chi connectivity index (χ0) is 13.6. The van der Waals surface area contributed by atoms with Crippen molar-refractivity contribution in [2.24, 2.45) is 0 Å². The summed E-state index contributed by atoms with van der Waals surface area (Å²) in [5, 5.41) is 2.93. The zero-order valence-corrected chi connectivity index (χ0v) is 12.7. The van der Waals surface area contributed by atoms with Crippen LogP contribution in [0.4, 0.5) is 0 Å². The first kappa shape index (κ1) is 13.6. The minimum Gasteiger partial charge on any atom is -0.0691 e. The first-order valence-electron chi connectivity index (χ1n) is 7.52. The minimum atomic E-state index is -0.336. The summed E-state index contributed by atoms with van der Waals surface area (Å²) in [5.41, 5.74) is 1.68. The molecule has 1 fully saturated rings. The van der Waals surface area contributed by atoms with Gasteiger partial charge in [-0.3, -0.25) is 0 Å². The topological polar surface area (TPSA) is 0 Å². The molecule has 0 radical (unpaired) electrons. The van der Waals surface area contributed by atoms with Crippen LogP contribution < -0.4 is 10.6 Å². The van der Waals surface area contributed by atoms with Crippen molar-refractivity contribution in [1.29, 1.82) is 0 Å². The summed E-state index contributed by atoms with van der Waals surface area (Å²) in [6.45, 7) is 0. The maximum atomic E-state index is 2.58. The van der Waals surface area contributed by atoms with E-state index in [1.807, 2.05) is 0 Å². The van der Waals surface area contributed by atoms with Crippen molar-refractivity contribution >= 4 is 18.5 Å². The second-order valence-corrected chi connectivity index (χ2v) is 7.42. The zero-order valence-electron chi connectivity index (χ0n) is 11.8. The lowest BCUT2D eigenvalue weighted by atomic mass is 9.96. The summed E-state index contributed by atoms with van der Waals surface area (Å²) < 4.78 is 0. The van der Waals surface area contributed by atoms with Gasteiger partial charge >= 0.3 is 0 Å². The van der Waals surface area contributed by atoms with Crippen molar-refractivity contribution in [3.63, 3.8) is 0 Å². The van der Waals surface area contributed by atoms with Gasteiger partial charge in [0.05, 0.1) is 0 Å². The fourth-order valence-corrected chi connectivity index (χ4v) is 5.00. The maximum Gasteiger partial charge on any atom is -0.0157 e. The van der Waals surface area contributed by atoms with Gasteiger partial charge in [0.25, 0.3) is 0 Å². The first-order valence-corrected chi connectivity index (χ1v) is 8.93. The van der Waals surface area contributed by atoms with Crippen molar-refractivity contribution in [3.05, 3.63) is 72.1 Å². The van der Waals surface area contributed by atoms with Crippen molar-refractivity contribution in [3.8, 4) is 0 Å². The highest BCUT2D eigenvalue weighted by atomic mass is 31.1. The highest BCUT2D eigenvalue weighted by molar-refractivity contribution is 7.75. The van der Waals surface area contributed by atoms with Gasteiger partial charge in [-0.25, -0.2) is 0 Å². The van der Waals surface area contributed by atoms with E-state index in [0.717, 1.165) is 0 Å². The molecule has 1 heteroatoms. The SMILES string of the molecule is C(=C1CCCCC1)P(c1ccccc1)c1ccccc1. The highest BCUT2D eigenvalue weighted by Crippen LogP contribution is 2.39. The van der Waals surface area contributed by atoms with Gasteiger partial charge in [0.1, 0.15) is 0 Å². The quantitative estimate of drug-likeness (QED) is 0.696. The van der Waals surface area contributed by atoms with E-state index in [4.69, 9.17) is 0 Å². The van der Waals surface area contributed by atoms with Crippen molar-refractivity contribution in [1.82, 2.24) is 0 Å². The lowest BCUT2D eigenvalue weighted by Gasteiger charge is -2.19. The van der Waals surface area contributed by atoms with E-state index in [0.29, 0.717) is 0 Å². The average molecular weight is 280 g/mol. The van der Waals surface area contributed by atoms with Crippen LogP contribution in [0.5, 0.6) is 0 Å². The van der Waals surface area contributed by atoms with Crippen LogP contribution in [0, 0.1) is 0 Å². The number of benzene rings is 2. The van der Waals surface area contributed by atoms with Crippen molar-refractivity contribution in [2.75, 3.05) is 0 Å². The van der Waals surface area contributed by atoms with Crippen molar-refractivity contribution < 1.29 is 0 Å². The molecule has 3 rings (SSSR count). The Morgan fingerprint density at radius 1 is 0.650 bits per heavy atom. The van der Waals surface area contributed by atoms with E-state index in [1.165, 1.54) is 42.7 Å². The minimum absolute atomic E-state index is 0.336. The van der Waals surface area contributed by atoms with E-state index >= 15 is 0 Å². The molecule has 0 bridgehead atoms. The molecule has 0 atom stereocenters. The molecule has 0 aromatic heterocycles. The van der Waals surface area contributed by atoms with E-state index < -0.39 is 0 Å². The molecular weight excluding hydrogens is 259 g/mol. The molecule has 0 amide bonds. The average Bonchev–Trinajstić information content (AvgIpc) is 2.55. The Morgan fingerprint density at radius 2 is 1.15 bits per heavy atom. The Labute approximate surface area is 123 Å². The summed E-state index contributed by atoms with van der Waals surface area (Å²) in [7, 11) is -0.336. The molecule has 1 aliphatic rings. The number of hydrogen-bond acceptors (Lipinski definition) is 0. The molecule has 2 aromatic carbocycles. The number of allylic oxidation sites excluding steroid dienone is 1. The second kappa shape index (κ2) is 6.86. The number of rotatable bonds is 3. The molecule has 0 spiro atoms. The molecular formula is C19H21P. The third-order valence-electron chi connectivity index (χ3n) is 3.88. The van der Waals surface area contributed by atoms with Crippen LogP contribution in [0.25, 0.3) is 0 Å². The van der Waals surface area contributed by atoms with E-state index in [2.05, 4.69) is 66.5 Å². The van der Waals surface area contributed by atoms with Gasteiger partial charge in [-0.05, 0) is 44.2 Å². The smallest absolute Gasteiger partial charge is 0.0157 e. The molecule has 2 aromatic rings. The van der Waals surface area contributed by atoms with Gasteiger partial charge in [-0.2, -0.15) is 0 Å². The molecule has 0 nitrogen and oxygen atoms in total. The van der Waals surface area contributed by atoms with E-state index in [-0.39, 0.29) is 7.92 Å². The van der Waals surface area contributed by atoms with Gasteiger partial charge in [0.2, 0.25) is 0 Å². The Bertz CT molecular complexity index is 509. The highest BCUT2D eigenvalue weighted by Gasteiger charge is 2.13. The van der Waals surface area contributed by atoms with Gasteiger partial charge in [0, 0.05) is 0 Å². The van der Waals surface area contributed by atoms with Gasteiger partial charge < -0.3 is 0 Å². The second-order valence-electron chi connectivity index (χ2n) is 5.39. The molecule has 0 unspecified atom stereocenters. The van der Waals surface area contributed by atoms with Gasteiger partial charge in [0.15, 0.2) is 0 Å². The van der Waals surface area contributed by atoms with Crippen LogP contribution in [-0.2, 0) is 0 Å². The molecule has 0 saturated heterocycles. The summed E-state index contributed by atoms with van der Waals surface area (Å²) in [6, 6.07) is 22.0. The normalized spacial score (nSPS) is 15.3. The van der Waals surface area contributed by atoms with Crippen LogP contribution >= 0.6 is 7.92 Å². The fourth-order valence-electron chi connectivity index (χ4n) is 2.79. The van der Waals surface area contributed by atoms with Crippen LogP contribution in [0.3, 0.4) is 0 Å². The predicted octanol–water partition coefficient (Wildman–Crippen LogP) is 4.97. The monoisotopic (exact) mass is 280 g/mol. The van der Waals surface area contributed by atoms with E-state index in [1.54, 1.807) is 5.57 Å². The Morgan fingerprint density at radius 3 is 1.65 bits per heavy atom. The van der Waals surface area contributed by atoms with Crippen LogP contribution in [0.1, 0.15) is 32.1 Å². The van der Waals surface area contributed by atoms with E-state index in [9.17, 15) is 0 Å². The van der Waals surface area contributed by atoms with Crippen LogP contribution in [0.2, 0.25) is 0 Å². The van der Waals surface area contributed by atoms with Gasteiger partial charge in [-0.1, -0.05) is 78.5 Å². The molecule has 102 valence electrons. The summed E-state index contributed by atoms with van der Waals surface area (Å²) in [5.74, 6) is 2.58. The standard InChI is InChI=1S/C19H21P/c1-4-10-17(11-5-1)16-20(18-12-6-2-7-13-18)19-14-8-3-9-15-19/h2-3,6-9,12-16H,1,4-5,10-11H2.